The number of carbonyl (C=O) groups excluding carboxylic acids is 2. The van der Waals surface area contributed by atoms with E-state index >= 15 is 0 Å². The molecule has 0 saturated carbocycles. The highest BCUT2D eigenvalue weighted by Crippen LogP contribution is 2.12. The Morgan fingerprint density at radius 2 is 2.05 bits per heavy atom. The van der Waals surface area contributed by atoms with Crippen LogP contribution in [0.25, 0.3) is 0 Å². The maximum absolute atomic E-state index is 11.9. The molecule has 0 spiro atoms. The number of ether oxygens (including phenoxy) is 1. The largest absolute Gasteiger partial charge is 0.497 e. The van der Waals surface area contributed by atoms with Gasteiger partial charge in [0.15, 0.2) is 0 Å². The molecule has 22 heavy (non-hydrogen) atoms. The maximum atomic E-state index is 11.9. The van der Waals surface area contributed by atoms with Gasteiger partial charge in [0, 0.05) is 19.2 Å². The van der Waals surface area contributed by atoms with Gasteiger partial charge in [-0.25, -0.2) is 0 Å². The summed E-state index contributed by atoms with van der Waals surface area (Å²) < 4.78 is 5.02. The van der Waals surface area contributed by atoms with Crippen molar-refractivity contribution in [3.05, 3.63) is 29.8 Å². The van der Waals surface area contributed by atoms with Crippen LogP contribution < -0.4 is 10.1 Å². The summed E-state index contributed by atoms with van der Waals surface area (Å²) in [5, 5.41) is 11.3. The molecule has 0 radical (unpaired) electrons. The smallest absolute Gasteiger partial charge is 0.308 e. The molecule has 0 saturated heterocycles. The van der Waals surface area contributed by atoms with Gasteiger partial charge >= 0.3 is 5.97 Å². The summed E-state index contributed by atoms with van der Waals surface area (Å²) in [7, 11) is 3.00. The summed E-state index contributed by atoms with van der Waals surface area (Å²) in [5.41, 5.74) is 0.383. The quantitative estimate of drug-likeness (QED) is 0.769. The monoisotopic (exact) mass is 308 g/mol. The van der Waals surface area contributed by atoms with Crippen molar-refractivity contribution >= 4 is 17.8 Å². The molecule has 7 nitrogen and oxygen atoms in total. The summed E-state index contributed by atoms with van der Waals surface area (Å²) in [6, 6.07) is 6.56. The van der Waals surface area contributed by atoms with Gasteiger partial charge in [-0.1, -0.05) is 13.0 Å². The molecule has 0 fully saturated rings. The van der Waals surface area contributed by atoms with Gasteiger partial charge in [-0.05, 0) is 18.2 Å². The van der Waals surface area contributed by atoms with E-state index in [2.05, 4.69) is 5.32 Å². The van der Waals surface area contributed by atoms with Crippen LogP contribution in [0.5, 0.6) is 5.75 Å². The van der Waals surface area contributed by atoms with Crippen LogP contribution in [0.1, 0.15) is 17.3 Å². The Balaban J connectivity index is 2.52. The van der Waals surface area contributed by atoms with Crippen LogP contribution in [0.4, 0.5) is 0 Å². The fourth-order valence-corrected chi connectivity index (χ4v) is 1.75. The van der Waals surface area contributed by atoms with Gasteiger partial charge < -0.3 is 20.1 Å². The van der Waals surface area contributed by atoms with Crippen LogP contribution in [-0.4, -0.2) is 55.0 Å². The average Bonchev–Trinajstić information content (AvgIpc) is 2.51. The highest BCUT2D eigenvalue weighted by Gasteiger charge is 2.18. The second-order valence-corrected chi connectivity index (χ2v) is 4.93. The van der Waals surface area contributed by atoms with Crippen molar-refractivity contribution in [3.63, 3.8) is 0 Å². The number of hydrogen-bond acceptors (Lipinski definition) is 4. The van der Waals surface area contributed by atoms with Gasteiger partial charge in [-0.15, -0.1) is 0 Å². The first-order chi connectivity index (χ1) is 10.3. The molecule has 0 aromatic heterocycles. The summed E-state index contributed by atoms with van der Waals surface area (Å²) in [5.74, 6) is -1.84. The van der Waals surface area contributed by atoms with Gasteiger partial charge in [-0.3, -0.25) is 14.4 Å². The molecule has 1 rings (SSSR count). The van der Waals surface area contributed by atoms with Crippen LogP contribution in [0.2, 0.25) is 0 Å². The molecular formula is C15H20N2O5. The van der Waals surface area contributed by atoms with E-state index in [0.717, 1.165) is 0 Å². The zero-order valence-electron chi connectivity index (χ0n) is 12.8. The average molecular weight is 308 g/mol. The van der Waals surface area contributed by atoms with E-state index < -0.39 is 17.8 Å². The zero-order chi connectivity index (χ0) is 16.7. The summed E-state index contributed by atoms with van der Waals surface area (Å²) in [6.45, 7) is 1.41. The molecule has 1 aromatic rings. The number of carboxylic acids is 1. The predicted molar refractivity (Wildman–Crippen MR) is 79.8 cm³/mol. The number of aliphatic carboxylic acids is 1. The minimum Gasteiger partial charge on any atom is -0.497 e. The Labute approximate surface area is 128 Å². The minimum atomic E-state index is -0.972. The number of carbonyl (C=O) groups is 3. The molecule has 1 unspecified atom stereocenters. The molecule has 0 heterocycles. The number of carboxylic acid groups (broad SMARTS) is 1. The van der Waals surface area contributed by atoms with E-state index in [1.165, 1.54) is 26.0 Å². The van der Waals surface area contributed by atoms with Crippen molar-refractivity contribution in [3.8, 4) is 5.75 Å². The first-order valence-corrected chi connectivity index (χ1v) is 6.74. The van der Waals surface area contributed by atoms with E-state index in [0.29, 0.717) is 11.3 Å². The lowest BCUT2D eigenvalue weighted by Gasteiger charge is -2.19. The van der Waals surface area contributed by atoms with Gasteiger partial charge in [-0.2, -0.15) is 0 Å². The van der Waals surface area contributed by atoms with Crippen LogP contribution in [-0.2, 0) is 9.59 Å². The molecule has 0 aliphatic heterocycles. The number of nitrogens with zero attached hydrogens (tertiary/aromatic N) is 1. The first kappa shape index (κ1) is 17.5. The molecule has 1 atom stereocenters. The van der Waals surface area contributed by atoms with Crippen molar-refractivity contribution in [1.82, 2.24) is 10.2 Å². The number of methoxy groups -OCH3 is 1. The highest BCUT2D eigenvalue weighted by molar-refractivity contribution is 5.96. The number of amides is 2. The topological polar surface area (TPSA) is 95.9 Å². The Hall–Kier alpha value is -2.57. The van der Waals surface area contributed by atoms with E-state index in [-0.39, 0.29) is 19.0 Å². The Kier molecular flexibility index (Phi) is 6.37. The lowest BCUT2D eigenvalue weighted by atomic mass is 10.2. The second kappa shape index (κ2) is 8.02. The number of benzene rings is 1. The standard InChI is InChI=1S/C15H20N2O5/c1-10(15(20)21)9-17(2)13(18)8-16-14(19)11-5-4-6-12(7-11)22-3/h4-7,10H,8-9H2,1-3H3,(H,16,19)(H,20,21). The van der Waals surface area contributed by atoms with Crippen molar-refractivity contribution in [2.75, 3.05) is 27.2 Å². The fraction of sp³-hybridized carbons (Fsp3) is 0.400. The number of hydrogen-bond donors (Lipinski definition) is 2. The third kappa shape index (κ3) is 5.08. The van der Waals surface area contributed by atoms with E-state index in [1.807, 2.05) is 0 Å². The third-order valence-corrected chi connectivity index (χ3v) is 3.13. The first-order valence-electron chi connectivity index (χ1n) is 6.74. The van der Waals surface area contributed by atoms with E-state index in [9.17, 15) is 14.4 Å². The van der Waals surface area contributed by atoms with Crippen molar-refractivity contribution in [2.24, 2.45) is 5.92 Å². The molecule has 0 bridgehead atoms. The molecule has 2 amide bonds. The molecule has 0 aliphatic rings. The minimum absolute atomic E-state index is 0.0865. The second-order valence-electron chi connectivity index (χ2n) is 4.93. The third-order valence-electron chi connectivity index (χ3n) is 3.13. The van der Waals surface area contributed by atoms with Gasteiger partial charge in [0.1, 0.15) is 5.75 Å². The van der Waals surface area contributed by atoms with E-state index in [4.69, 9.17) is 9.84 Å². The number of likely N-dealkylation sites (N-methyl/N-ethyl adjacent to an activating group) is 1. The van der Waals surface area contributed by atoms with Crippen molar-refractivity contribution in [2.45, 2.75) is 6.92 Å². The fourth-order valence-electron chi connectivity index (χ4n) is 1.75. The van der Waals surface area contributed by atoms with Crippen molar-refractivity contribution in [1.29, 1.82) is 0 Å². The number of rotatable bonds is 7. The Morgan fingerprint density at radius 1 is 1.36 bits per heavy atom. The highest BCUT2D eigenvalue weighted by atomic mass is 16.5. The lowest BCUT2D eigenvalue weighted by Crippen LogP contribution is -2.40. The SMILES string of the molecule is COc1cccc(C(=O)NCC(=O)N(C)CC(C)C(=O)O)c1. The molecule has 0 aliphatic carbocycles. The zero-order valence-corrected chi connectivity index (χ0v) is 12.8. The summed E-state index contributed by atoms with van der Waals surface area (Å²) in [6.07, 6.45) is 0. The summed E-state index contributed by atoms with van der Waals surface area (Å²) in [4.78, 5) is 35.8. The van der Waals surface area contributed by atoms with Gasteiger partial charge in [0.25, 0.3) is 5.91 Å². The van der Waals surface area contributed by atoms with Crippen molar-refractivity contribution < 1.29 is 24.2 Å². The lowest BCUT2D eigenvalue weighted by molar-refractivity contribution is -0.142. The number of nitrogens with one attached hydrogen (secondary N) is 1. The molecule has 2 N–H and O–H groups in total. The van der Waals surface area contributed by atoms with Crippen LogP contribution in [0.15, 0.2) is 24.3 Å². The summed E-state index contributed by atoms with van der Waals surface area (Å²) >= 11 is 0. The molecule has 1 aromatic carbocycles. The molecule has 7 heteroatoms. The Bertz CT molecular complexity index is 559. The predicted octanol–water partition coefficient (Wildman–Crippen LogP) is 0.604. The van der Waals surface area contributed by atoms with Gasteiger partial charge in [0.05, 0.1) is 19.6 Å². The van der Waals surface area contributed by atoms with Crippen LogP contribution >= 0.6 is 0 Å². The normalized spacial score (nSPS) is 11.4. The van der Waals surface area contributed by atoms with Crippen LogP contribution in [0, 0.1) is 5.92 Å². The Morgan fingerprint density at radius 3 is 2.64 bits per heavy atom. The van der Waals surface area contributed by atoms with Crippen LogP contribution in [0.3, 0.4) is 0 Å². The maximum Gasteiger partial charge on any atom is 0.308 e. The molecule has 120 valence electrons. The van der Waals surface area contributed by atoms with E-state index in [1.54, 1.807) is 24.3 Å². The molecular weight excluding hydrogens is 288 g/mol. The van der Waals surface area contributed by atoms with Gasteiger partial charge in [0.2, 0.25) is 5.91 Å².